The van der Waals surface area contributed by atoms with Crippen molar-refractivity contribution in [2.24, 2.45) is 0 Å². The normalized spacial score (nSPS) is 15.5. The van der Waals surface area contributed by atoms with Crippen LogP contribution in [-0.2, 0) is 17.6 Å². The molecule has 2 aromatic carbocycles. The van der Waals surface area contributed by atoms with Gasteiger partial charge in [-0.2, -0.15) is 5.26 Å². The minimum absolute atomic E-state index is 0.0801. The van der Waals surface area contributed by atoms with Crippen molar-refractivity contribution in [3.63, 3.8) is 0 Å². The summed E-state index contributed by atoms with van der Waals surface area (Å²) in [6.07, 6.45) is 3.17. The average Bonchev–Trinajstić information content (AvgIpc) is 2.87. The van der Waals surface area contributed by atoms with E-state index >= 15 is 0 Å². The van der Waals surface area contributed by atoms with Crippen LogP contribution in [0.3, 0.4) is 0 Å². The number of aromatic nitrogens is 1. The highest BCUT2D eigenvalue weighted by Crippen LogP contribution is 2.36. The predicted octanol–water partition coefficient (Wildman–Crippen LogP) is 5.95. The minimum atomic E-state index is -0.494. The molecule has 178 valence electrons. The van der Waals surface area contributed by atoms with Gasteiger partial charge in [0.2, 0.25) is 5.91 Å². The van der Waals surface area contributed by atoms with Crippen LogP contribution in [0.5, 0.6) is 0 Å². The minimum Gasteiger partial charge on any atom is -0.325 e. The number of amides is 1. The zero-order valence-corrected chi connectivity index (χ0v) is 20.5. The third kappa shape index (κ3) is 5.52. The molecule has 1 aromatic heterocycles. The van der Waals surface area contributed by atoms with Gasteiger partial charge >= 0.3 is 0 Å². The molecule has 8 heteroatoms. The molecule has 1 N–H and O–H groups in total. The zero-order valence-electron chi connectivity index (χ0n) is 19.7. The van der Waals surface area contributed by atoms with E-state index in [0.717, 1.165) is 36.1 Å². The highest BCUT2D eigenvalue weighted by molar-refractivity contribution is 8.00. The number of hydrogen-bond donors (Lipinski definition) is 1. The Hall–Kier alpha value is -3.70. The molecule has 0 spiro atoms. The van der Waals surface area contributed by atoms with Crippen LogP contribution < -0.4 is 5.32 Å². The Morgan fingerprint density at radius 2 is 2.06 bits per heavy atom. The Morgan fingerprint density at radius 1 is 1.29 bits per heavy atom. The highest BCUT2D eigenvalue weighted by atomic mass is 32.2. The Kier molecular flexibility index (Phi) is 7.47. The molecule has 2 unspecified atom stereocenters. The first-order valence-corrected chi connectivity index (χ1v) is 12.5. The van der Waals surface area contributed by atoms with Gasteiger partial charge < -0.3 is 5.32 Å². The molecule has 0 saturated carbocycles. The molecule has 2 atom stereocenters. The molecule has 7 nitrogen and oxygen atoms in total. The molecular weight excluding hydrogens is 460 g/mol. The van der Waals surface area contributed by atoms with Gasteiger partial charge in [-0.1, -0.05) is 55.1 Å². The van der Waals surface area contributed by atoms with Crippen LogP contribution in [0.15, 0.2) is 59.6 Å². The van der Waals surface area contributed by atoms with Gasteiger partial charge in [-0.05, 0) is 61.3 Å². The summed E-state index contributed by atoms with van der Waals surface area (Å²) >= 11 is 1.27. The lowest BCUT2D eigenvalue weighted by atomic mass is 9.82. The second-order valence-corrected chi connectivity index (χ2v) is 9.86. The third-order valence-corrected chi connectivity index (χ3v) is 7.72. The maximum Gasteiger partial charge on any atom is 0.271 e. The number of hydrogen-bond acceptors (Lipinski definition) is 6. The fourth-order valence-corrected chi connectivity index (χ4v) is 5.35. The Bertz CT molecular complexity index is 1300. The summed E-state index contributed by atoms with van der Waals surface area (Å²) in [6, 6.07) is 19.0. The quantitative estimate of drug-likeness (QED) is 0.251. The highest BCUT2D eigenvalue weighted by Gasteiger charge is 2.26. The summed E-state index contributed by atoms with van der Waals surface area (Å²) < 4.78 is 0. The zero-order chi connectivity index (χ0) is 24.9. The van der Waals surface area contributed by atoms with Gasteiger partial charge in [0.05, 0.1) is 21.4 Å². The summed E-state index contributed by atoms with van der Waals surface area (Å²) in [7, 11) is 0. The number of nitro groups is 1. The lowest BCUT2D eigenvalue weighted by molar-refractivity contribution is -0.384. The number of nitrogens with zero attached hydrogens (tertiary/aromatic N) is 3. The standard InChI is InChI=1S/C27H26N4O3S/c1-3-25(26(32)29-24-15-22(31(33)34)11-9-17(24)2)35-27-21(16-28)14-20-13-19(10-12-23(20)30-27)18-7-5-4-6-8-18/h4-9,11,14-15,19,25H,3,10,12-13H2,1-2H3,(H,29,32). The molecular formula is C27H26N4O3S. The van der Waals surface area contributed by atoms with Gasteiger partial charge in [-0.15, -0.1) is 0 Å². The van der Waals surface area contributed by atoms with Gasteiger partial charge in [-0.3, -0.25) is 14.9 Å². The van der Waals surface area contributed by atoms with Crippen LogP contribution in [-0.4, -0.2) is 21.1 Å². The largest absolute Gasteiger partial charge is 0.325 e. The van der Waals surface area contributed by atoms with Crippen molar-refractivity contribution in [2.45, 2.75) is 55.7 Å². The van der Waals surface area contributed by atoms with E-state index in [9.17, 15) is 20.2 Å². The summed E-state index contributed by atoms with van der Waals surface area (Å²) in [5, 5.41) is 23.8. The van der Waals surface area contributed by atoms with Crippen LogP contribution in [0.2, 0.25) is 0 Å². The summed E-state index contributed by atoms with van der Waals surface area (Å²) in [5.41, 5.74) is 4.92. The first kappa shape index (κ1) is 24.4. The number of nitro benzene ring substituents is 1. The summed E-state index contributed by atoms with van der Waals surface area (Å²) in [5.74, 6) is 0.136. The lowest BCUT2D eigenvalue weighted by Crippen LogP contribution is -2.25. The van der Waals surface area contributed by atoms with E-state index in [1.807, 2.05) is 19.1 Å². The fourth-order valence-electron chi connectivity index (χ4n) is 4.35. The molecule has 4 rings (SSSR count). The van der Waals surface area contributed by atoms with Crippen molar-refractivity contribution < 1.29 is 9.72 Å². The van der Waals surface area contributed by atoms with E-state index in [0.29, 0.717) is 28.6 Å². The van der Waals surface area contributed by atoms with E-state index in [1.54, 1.807) is 13.0 Å². The van der Waals surface area contributed by atoms with E-state index in [-0.39, 0.29) is 11.6 Å². The molecule has 1 aliphatic rings. The topological polar surface area (TPSA) is 109 Å². The number of thioether (sulfide) groups is 1. The molecule has 1 heterocycles. The third-order valence-electron chi connectivity index (χ3n) is 6.35. The van der Waals surface area contributed by atoms with Crippen LogP contribution in [0, 0.1) is 28.4 Å². The summed E-state index contributed by atoms with van der Waals surface area (Å²) in [6.45, 7) is 3.68. The van der Waals surface area contributed by atoms with E-state index < -0.39 is 10.2 Å². The average molecular weight is 487 g/mol. The number of anilines is 1. The number of benzene rings is 2. The lowest BCUT2D eigenvalue weighted by Gasteiger charge is -2.25. The molecule has 0 fully saturated rings. The Labute approximate surface area is 208 Å². The number of carbonyl (C=O) groups excluding carboxylic acids is 1. The van der Waals surface area contributed by atoms with Gasteiger partial charge in [0.1, 0.15) is 11.1 Å². The molecule has 3 aromatic rings. The van der Waals surface area contributed by atoms with Gasteiger partial charge in [0.15, 0.2) is 0 Å². The van der Waals surface area contributed by atoms with Crippen molar-refractivity contribution in [3.05, 3.63) is 92.7 Å². The van der Waals surface area contributed by atoms with Crippen molar-refractivity contribution in [3.8, 4) is 6.07 Å². The molecule has 0 bridgehead atoms. The van der Waals surface area contributed by atoms with Crippen molar-refractivity contribution in [2.75, 3.05) is 5.32 Å². The molecule has 0 radical (unpaired) electrons. The number of rotatable bonds is 7. The number of pyridine rings is 1. The first-order chi connectivity index (χ1) is 16.9. The Morgan fingerprint density at radius 3 is 2.74 bits per heavy atom. The number of carbonyl (C=O) groups is 1. The second-order valence-electron chi connectivity index (χ2n) is 8.67. The van der Waals surface area contributed by atoms with Crippen molar-refractivity contribution in [1.29, 1.82) is 5.26 Å². The molecule has 1 amide bonds. The molecule has 0 saturated heterocycles. The van der Waals surface area contributed by atoms with Crippen molar-refractivity contribution >= 4 is 29.0 Å². The van der Waals surface area contributed by atoms with Gasteiger partial charge in [-0.25, -0.2) is 4.98 Å². The maximum absolute atomic E-state index is 13.1. The van der Waals surface area contributed by atoms with Crippen LogP contribution in [0.1, 0.15) is 53.6 Å². The number of aryl methyl sites for hydroxylation is 2. The maximum atomic E-state index is 13.1. The number of nitrogens with one attached hydrogen (secondary N) is 1. The van der Waals surface area contributed by atoms with E-state index in [4.69, 9.17) is 4.98 Å². The summed E-state index contributed by atoms with van der Waals surface area (Å²) in [4.78, 5) is 28.5. The van der Waals surface area contributed by atoms with E-state index in [1.165, 1.54) is 29.5 Å². The Balaban J connectivity index is 1.53. The van der Waals surface area contributed by atoms with Crippen molar-refractivity contribution in [1.82, 2.24) is 4.98 Å². The number of fused-ring (bicyclic) bond motifs is 1. The van der Waals surface area contributed by atoms with Crippen LogP contribution in [0.25, 0.3) is 0 Å². The van der Waals surface area contributed by atoms with Crippen LogP contribution >= 0.6 is 11.8 Å². The van der Waals surface area contributed by atoms with Gasteiger partial charge in [0.25, 0.3) is 5.69 Å². The molecule has 35 heavy (non-hydrogen) atoms. The number of non-ortho nitro benzene ring substituents is 1. The van der Waals surface area contributed by atoms with Crippen LogP contribution in [0.4, 0.5) is 11.4 Å². The molecule has 0 aliphatic heterocycles. The monoisotopic (exact) mass is 486 g/mol. The SMILES string of the molecule is CCC(Sc1nc2c(cc1C#N)CC(c1ccccc1)CC2)C(=O)Nc1cc([N+](=O)[O-])ccc1C. The molecule has 1 aliphatic carbocycles. The van der Waals surface area contributed by atoms with E-state index in [2.05, 4.69) is 35.7 Å². The predicted molar refractivity (Wildman–Crippen MR) is 137 cm³/mol. The smallest absolute Gasteiger partial charge is 0.271 e. The fraction of sp³-hybridized carbons (Fsp3) is 0.296. The first-order valence-electron chi connectivity index (χ1n) is 11.6. The second kappa shape index (κ2) is 10.7. The number of nitriles is 1. The van der Waals surface area contributed by atoms with Gasteiger partial charge in [0, 0.05) is 17.8 Å².